The molecule has 0 aromatic rings. The summed E-state index contributed by atoms with van der Waals surface area (Å²) < 4.78 is 0. The van der Waals surface area contributed by atoms with Crippen molar-refractivity contribution >= 4 is 5.91 Å². The van der Waals surface area contributed by atoms with Crippen molar-refractivity contribution in [1.29, 1.82) is 0 Å². The van der Waals surface area contributed by atoms with E-state index in [1.165, 1.54) is 32.4 Å². The van der Waals surface area contributed by atoms with Gasteiger partial charge >= 0.3 is 0 Å². The lowest BCUT2D eigenvalue weighted by atomic mass is 9.97. The van der Waals surface area contributed by atoms with Crippen molar-refractivity contribution in [3.8, 4) is 0 Å². The van der Waals surface area contributed by atoms with Crippen molar-refractivity contribution < 1.29 is 4.79 Å². The first-order valence-corrected chi connectivity index (χ1v) is 5.95. The van der Waals surface area contributed by atoms with Crippen LogP contribution in [0.25, 0.3) is 0 Å². The quantitative estimate of drug-likeness (QED) is 0.685. The fourth-order valence-electron chi connectivity index (χ4n) is 2.87. The van der Waals surface area contributed by atoms with E-state index in [2.05, 4.69) is 4.90 Å². The standard InChI is InChI=1S/C11H21N3O/c12-10(15)11(13)5-4-9(8-11)14-6-2-1-3-7-14/h9H,1-8,13H2,(H2,12,15). The zero-order valence-electron chi connectivity index (χ0n) is 9.24. The Labute approximate surface area is 91.0 Å². The first-order chi connectivity index (χ1) is 7.12. The summed E-state index contributed by atoms with van der Waals surface area (Å²) in [5.74, 6) is -0.331. The first-order valence-electron chi connectivity index (χ1n) is 5.95. The van der Waals surface area contributed by atoms with Crippen LogP contribution in [0.15, 0.2) is 0 Å². The molecule has 1 saturated carbocycles. The average Bonchev–Trinajstić information content (AvgIpc) is 2.64. The zero-order chi connectivity index (χ0) is 10.9. The SMILES string of the molecule is NC(=O)C1(N)CCC(N2CCCCC2)C1. The van der Waals surface area contributed by atoms with Gasteiger partial charge in [0.2, 0.25) is 5.91 Å². The van der Waals surface area contributed by atoms with Crippen molar-refractivity contribution in [2.24, 2.45) is 11.5 Å². The molecular formula is C11H21N3O. The first kappa shape index (κ1) is 10.9. The summed E-state index contributed by atoms with van der Waals surface area (Å²) in [5.41, 5.74) is 10.6. The monoisotopic (exact) mass is 211 g/mol. The number of primary amides is 1. The number of rotatable bonds is 2. The van der Waals surface area contributed by atoms with Crippen molar-refractivity contribution in [3.05, 3.63) is 0 Å². The third kappa shape index (κ3) is 2.16. The van der Waals surface area contributed by atoms with Gasteiger partial charge in [-0.2, -0.15) is 0 Å². The largest absolute Gasteiger partial charge is 0.368 e. The highest BCUT2D eigenvalue weighted by Gasteiger charge is 2.42. The van der Waals surface area contributed by atoms with Crippen LogP contribution in [0, 0.1) is 0 Å². The van der Waals surface area contributed by atoms with Gasteiger partial charge in [-0.25, -0.2) is 0 Å². The van der Waals surface area contributed by atoms with Gasteiger partial charge in [0.15, 0.2) is 0 Å². The van der Waals surface area contributed by atoms with Crippen molar-refractivity contribution in [3.63, 3.8) is 0 Å². The van der Waals surface area contributed by atoms with Crippen LogP contribution < -0.4 is 11.5 Å². The second-order valence-corrected chi connectivity index (χ2v) is 5.01. The molecule has 0 radical (unpaired) electrons. The summed E-state index contributed by atoms with van der Waals surface area (Å²) in [6.45, 7) is 2.33. The number of amides is 1. The number of likely N-dealkylation sites (tertiary alicyclic amines) is 1. The van der Waals surface area contributed by atoms with Gasteiger partial charge in [0.1, 0.15) is 0 Å². The minimum atomic E-state index is -0.734. The molecule has 2 aliphatic rings. The molecule has 2 fully saturated rings. The van der Waals surface area contributed by atoms with Gasteiger partial charge in [-0.3, -0.25) is 4.79 Å². The molecule has 0 aromatic carbocycles. The van der Waals surface area contributed by atoms with Gasteiger partial charge in [0.05, 0.1) is 5.54 Å². The number of carbonyl (C=O) groups excluding carboxylic acids is 1. The lowest BCUT2D eigenvalue weighted by molar-refractivity contribution is -0.123. The summed E-state index contributed by atoms with van der Waals surface area (Å²) in [5, 5.41) is 0. The van der Waals surface area contributed by atoms with E-state index in [0.717, 1.165) is 19.3 Å². The molecule has 0 bridgehead atoms. The molecule has 86 valence electrons. The number of piperidine rings is 1. The summed E-state index contributed by atoms with van der Waals surface area (Å²) in [6.07, 6.45) is 6.44. The topological polar surface area (TPSA) is 72.3 Å². The highest BCUT2D eigenvalue weighted by Crippen LogP contribution is 2.32. The van der Waals surface area contributed by atoms with E-state index in [9.17, 15) is 4.79 Å². The Hall–Kier alpha value is -0.610. The second-order valence-electron chi connectivity index (χ2n) is 5.01. The van der Waals surface area contributed by atoms with Crippen molar-refractivity contribution in [1.82, 2.24) is 4.90 Å². The third-order valence-electron chi connectivity index (χ3n) is 3.92. The molecule has 1 heterocycles. The Bertz CT molecular complexity index is 250. The fourth-order valence-corrected chi connectivity index (χ4v) is 2.87. The summed E-state index contributed by atoms with van der Waals surface area (Å²) in [4.78, 5) is 13.7. The van der Waals surface area contributed by atoms with Crippen LogP contribution in [0.2, 0.25) is 0 Å². The zero-order valence-corrected chi connectivity index (χ0v) is 9.24. The highest BCUT2D eigenvalue weighted by atomic mass is 16.1. The lowest BCUT2D eigenvalue weighted by Crippen LogP contribution is -2.51. The van der Waals surface area contributed by atoms with E-state index in [0.29, 0.717) is 6.04 Å². The number of nitrogens with two attached hydrogens (primary N) is 2. The average molecular weight is 211 g/mol. The Morgan fingerprint density at radius 1 is 1.27 bits per heavy atom. The minimum absolute atomic E-state index is 0.331. The van der Waals surface area contributed by atoms with Gasteiger partial charge in [-0.05, 0) is 45.2 Å². The van der Waals surface area contributed by atoms with Crippen LogP contribution in [0.3, 0.4) is 0 Å². The van der Waals surface area contributed by atoms with Crippen molar-refractivity contribution in [2.45, 2.75) is 50.1 Å². The fraction of sp³-hybridized carbons (Fsp3) is 0.909. The molecule has 1 saturated heterocycles. The molecule has 2 atom stereocenters. The van der Waals surface area contributed by atoms with Crippen LogP contribution in [-0.2, 0) is 4.79 Å². The van der Waals surface area contributed by atoms with Gasteiger partial charge in [0.25, 0.3) is 0 Å². The molecule has 4 nitrogen and oxygen atoms in total. The molecule has 2 unspecified atom stereocenters. The van der Waals surface area contributed by atoms with Gasteiger partial charge < -0.3 is 16.4 Å². The smallest absolute Gasteiger partial charge is 0.237 e. The molecule has 1 aliphatic carbocycles. The number of hydrogen-bond acceptors (Lipinski definition) is 3. The maximum Gasteiger partial charge on any atom is 0.237 e. The Kier molecular flexibility index (Phi) is 2.98. The minimum Gasteiger partial charge on any atom is -0.368 e. The van der Waals surface area contributed by atoms with Gasteiger partial charge in [-0.1, -0.05) is 6.42 Å². The van der Waals surface area contributed by atoms with Crippen LogP contribution in [0.1, 0.15) is 38.5 Å². The predicted octanol–water partition coefficient (Wildman–Crippen LogP) is 0.208. The van der Waals surface area contributed by atoms with E-state index in [1.807, 2.05) is 0 Å². The van der Waals surface area contributed by atoms with E-state index < -0.39 is 5.54 Å². The van der Waals surface area contributed by atoms with Gasteiger partial charge in [-0.15, -0.1) is 0 Å². The van der Waals surface area contributed by atoms with Crippen LogP contribution in [0.5, 0.6) is 0 Å². The van der Waals surface area contributed by atoms with E-state index in [1.54, 1.807) is 0 Å². The van der Waals surface area contributed by atoms with Crippen LogP contribution in [0.4, 0.5) is 0 Å². The summed E-state index contributed by atoms with van der Waals surface area (Å²) in [6, 6.07) is 0.489. The van der Waals surface area contributed by atoms with Crippen molar-refractivity contribution in [2.75, 3.05) is 13.1 Å². The lowest BCUT2D eigenvalue weighted by Gasteiger charge is -2.33. The Morgan fingerprint density at radius 3 is 2.47 bits per heavy atom. The predicted molar refractivity (Wildman–Crippen MR) is 59.2 cm³/mol. The molecule has 15 heavy (non-hydrogen) atoms. The van der Waals surface area contributed by atoms with E-state index >= 15 is 0 Å². The second kappa shape index (κ2) is 4.10. The summed E-state index contributed by atoms with van der Waals surface area (Å²) >= 11 is 0. The molecule has 0 aromatic heterocycles. The molecule has 1 aliphatic heterocycles. The molecule has 2 rings (SSSR count). The maximum atomic E-state index is 11.2. The number of nitrogens with zero attached hydrogens (tertiary/aromatic N) is 1. The van der Waals surface area contributed by atoms with E-state index in [-0.39, 0.29) is 5.91 Å². The van der Waals surface area contributed by atoms with Gasteiger partial charge in [0, 0.05) is 6.04 Å². The van der Waals surface area contributed by atoms with Crippen LogP contribution in [-0.4, -0.2) is 35.5 Å². The Balaban J connectivity index is 1.94. The third-order valence-corrected chi connectivity index (χ3v) is 3.92. The number of carbonyl (C=O) groups is 1. The highest BCUT2D eigenvalue weighted by molar-refractivity contribution is 5.84. The number of hydrogen-bond donors (Lipinski definition) is 2. The summed E-state index contributed by atoms with van der Waals surface area (Å²) in [7, 11) is 0. The van der Waals surface area contributed by atoms with Crippen LogP contribution >= 0.6 is 0 Å². The molecule has 4 N–H and O–H groups in total. The normalized spacial score (nSPS) is 38.1. The maximum absolute atomic E-state index is 11.2. The Morgan fingerprint density at radius 2 is 1.93 bits per heavy atom. The van der Waals surface area contributed by atoms with E-state index in [4.69, 9.17) is 11.5 Å². The molecule has 1 amide bonds. The molecule has 0 spiro atoms. The molecule has 4 heteroatoms. The molecular weight excluding hydrogens is 190 g/mol.